The molecule has 1 aliphatic heterocycles. The van der Waals surface area contributed by atoms with Crippen molar-refractivity contribution >= 4 is 50.8 Å². The zero-order chi connectivity index (χ0) is 22.0. The fraction of sp³-hybridized carbons (Fsp3) is 0.273. The third-order valence-corrected chi connectivity index (χ3v) is 6.93. The van der Waals surface area contributed by atoms with Gasteiger partial charge in [0.2, 0.25) is 0 Å². The monoisotopic (exact) mass is 459 g/mol. The fourth-order valence-corrected chi connectivity index (χ4v) is 4.90. The summed E-state index contributed by atoms with van der Waals surface area (Å²) < 4.78 is 20.6. The number of aryl methyl sites for hydroxylation is 1. The number of nitrogens with zero attached hydrogens (tertiary/aromatic N) is 2. The number of ether oxygens (including phenoxy) is 1. The summed E-state index contributed by atoms with van der Waals surface area (Å²) in [5, 5.41) is 14.2. The number of carboxylic acid groups (broad SMARTS) is 1. The molecule has 0 spiro atoms. The third-order valence-electron chi connectivity index (χ3n) is 5.17. The van der Waals surface area contributed by atoms with E-state index in [1.807, 2.05) is 17.3 Å². The number of hydrogen-bond acceptors (Lipinski definition) is 5. The summed E-state index contributed by atoms with van der Waals surface area (Å²) in [5.41, 5.74) is 2.68. The highest BCUT2D eigenvalue weighted by Gasteiger charge is 2.24. The van der Waals surface area contributed by atoms with Crippen LogP contribution in [-0.2, 0) is 22.1 Å². The second-order valence-corrected chi connectivity index (χ2v) is 9.00. The molecule has 2 aromatic carbocycles. The number of aromatic carboxylic acids is 1. The van der Waals surface area contributed by atoms with E-state index < -0.39 is 17.0 Å². The molecule has 7 nitrogen and oxygen atoms in total. The van der Waals surface area contributed by atoms with Crippen LogP contribution in [0.2, 0.25) is 5.02 Å². The minimum Gasteiger partial charge on any atom is -0.478 e. The Balaban J connectivity index is 1.86. The van der Waals surface area contributed by atoms with Gasteiger partial charge >= 0.3 is 5.97 Å². The molecule has 1 aliphatic rings. The highest BCUT2D eigenvalue weighted by molar-refractivity contribution is 7.82. The average molecular weight is 460 g/mol. The topological polar surface area (TPSA) is 91.8 Å². The second kappa shape index (κ2) is 9.32. The molecular weight excluding hydrogens is 438 g/mol. The van der Waals surface area contributed by atoms with Crippen LogP contribution in [0.1, 0.15) is 22.8 Å². The Morgan fingerprint density at radius 3 is 2.74 bits per heavy atom. The number of benzene rings is 2. The lowest BCUT2D eigenvalue weighted by Crippen LogP contribution is -2.37. The Bertz CT molecular complexity index is 1160. The molecule has 0 bridgehead atoms. The highest BCUT2D eigenvalue weighted by Crippen LogP contribution is 2.35. The van der Waals surface area contributed by atoms with Gasteiger partial charge in [0.05, 0.1) is 40.6 Å². The van der Waals surface area contributed by atoms with Gasteiger partial charge in [0.25, 0.3) is 0 Å². The molecule has 1 fully saturated rings. The summed E-state index contributed by atoms with van der Waals surface area (Å²) in [5.74, 6) is -1.04. The number of carbonyl (C=O) groups is 1. The number of anilines is 2. The number of pyridine rings is 1. The number of nitrogens with one attached hydrogen (secondary N) is 1. The van der Waals surface area contributed by atoms with E-state index in [-0.39, 0.29) is 5.56 Å². The van der Waals surface area contributed by atoms with Crippen LogP contribution >= 0.6 is 11.6 Å². The van der Waals surface area contributed by atoms with Crippen LogP contribution in [0.15, 0.2) is 47.5 Å². The second-order valence-electron chi connectivity index (χ2n) is 7.11. The molecule has 2 heterocycles. The lowest BCUT2D eigenvalue weighted by atomic mass is 10.1. The van der Waals surface area contributed by atoms with Crippen LogP contribution in [-0.4, -0.2) is 50.9 Å². The number of aromatic nitrogens is 1. The van der Waals surface area contributed by atoms with Crippen molar-refractivity contribution in [1.29, 1.82) is 0 Å². The molecule has 0 aliphatic carbocycles. The van der Waals surface area contributed by atoms with Crippen LogP contribution in [0.25, 0.3) is 10.9 Å². The zero-order valence-corrected chi connectivity index (χ0v) is 18.5. The first-order chi connectivity index (χ1) is 15.0. The van der Waals surface area contributed by atoms with Crippen molar-refractivity contribution in [3.8, 4) is 0 Å². The predicted molar refractivity (Wildman–Crippen MR) is 122 cm³/mol. The van der Waals surface area contributed by atoms with Gasteiger partial charge in [0, 0.05) is 29.7 Å². The molecule has 3 aromatic rings. The summed E-state index contributed by atoms with van der Waals surface area (Å²) >= 11 is 6.24. The number of halogens is 1. The Labute approximate surface area is 187 Å². The van der Waals surface area contributed by atoms with Gasteiger partial charge in [-0.15, -0.1) is 0 Å². The van der Waals surface area contributed by atoms with E-state index in [1.165, 1.54) is 0 Å². The molecule has 31 heavy (non-hydrogen) atoms. The maximum Gasteiger partial charge on any atom is 0.337 e. The van der Waals surface area contributed by atoms with E-state index in [4.69, 9.17) is 16.3 Å². The van der Waals surface area contributed by atoms with Gasteiger partial charge in [0.1, 0.15) is 11.0 Å². The molecule has 1 aromatic heterocycles. The average Bonchev–Trinajstić information content (AvgIpc) is 2.79. The lowest BCUT2D eigenvalue weighted by Gasteiger charge is -2.26. The summed E-state index contributed by atoms with van der Waals surface area (Å²) in [6, 6.07) is 10.5. The minimum absolute atomic E-state index is 0.148. The molecule has 2 N–H and O–H groups in total. The fourth-order valence-electron chi connectivity index (χ4n) is 3.49. The Hall–Kier alpha value is -2.52. The quantitative estimate of drug-likeness (QED) is 0.572. The molecule has 1 saturated heterocycles. The largest absolute Gasteiger partial charge is 0.478 e. The van der Waals surface area contributed by atoms with Gasteiger partial charge in [-0.2, -0.15) is 0 Å². The molecule has 1 atom stereocenters. The first kappa shape index (κ1) is 21.7. The van der Waals surface area contributed by atoms with Gasteiger partial charge in [0.15, 0.2) is 0 Å². The molecule has 162 valence electrons. The van der Waals surface area contributed by atoms with Gasteiger partial charge in [-0.25, -0.2) is 13.3 Å². The highest BCUT2D eigenvalue weighted by atomic mass is 35.5. The smallest absolute Gasteiger partial charge is 0.337 e. The van der Waals surface area contributed by atoms with Crippen molar-refractivity contribution < 1.29 is 18.8 Å². The van der Waals surface area contributed by atoms with Crippen molar-refractivity contribution in [1.82, 2.24) is 9.29 Å². The summed E-state index contributed by atoms with van der Waals surface area (Å²) in [6.45, 7) is 4.04. The molecule has 0 saturated carbocycles. The number of fused-ring (bicyclic) bond motifs is 1. The third kappa shape index (κ3) is 4.57. The van der Waals surface area contributed by atoms with Crippen molar-refractivity contribution in [3.05, 3.63) is 58.7 Å². The number of rotatable bonds is 6. The van der Waals surface area contributed by atoms with E-state index in [0.717, 1.165) is 12.0 Å². The normalized spacial score (nSPS) is 15.7. The van der Waals surface area contributed by atoms with E-state index in [1.54, 1.807) is 36.5 Å². The van der Waals surface area contributed by atoms with Crippen molar-refractivity contribution in [2.75, 3.05) is 31.6 Å². The van der Waals surface area contributed by atoms with Gasteiger partial charge in [-0.3, -0.25) is 4.98 Å². The molecule has 4 rings (SSSR count). The first-order valence-corrected chi connectivity index (χ1v) is 11.4. The van der Waals surface area contributed by atoms with Crippen molar-refractivity contribution in [2.24, 2.45) is 0 Å². The Kier molecular flexibility index (Phi) is 6.52. The van der Waals surface area contributed by atoms with Crippen LogP contribution in [0, 0.1) is 0 Å². The maximum atomic E-state index is 13.4. The van der Waals surface area contributed by atoms with Gasteiger partial charge in [-0.1, -0.05) is 24.6 Å². The summed E-state index contributed by atoms with van der Waals surface area (Å²) in [7, 11) is -1.50. The van der Waals surface area contributed by atoms with Crippen molar-refractivity contribution in [2.45, 2.75) is 18.2 Å². The van der Waals surface area contributed by atoms with E-state index in [9.17, 15) is 14.1 Å². The molecular formula is C22H22ClN3O4S. The van der Waals surface area contributed by atoms with E-state index in [0.29, 0.717) is 58.5 Å². The maximum absolute atomic E-state index is 13.4. The minimum atomic E-state index is -1.50. The summed E-state index contributed by atoms with van der Waals surface area (Å²) in [6.07, 6.45) is 2.30. The Morgan fingerprint density at radius 2 is 2.03 bits per heavy atom. The number of hydrogen-bond donors (Lipinski definition) is 2. The molecule has 1 unspecified atom stereocenters. The van der Waals surface area contributed by atoms with Crippen molar-refractivity contribution in [3.63, 3.8) is 0 Å². The number of morpholine rings is 1. The van der Waals surface area contributed by atoms with Crippen LogP contribution < -0.4 is 5.32 Å². The molecule has 9 heteroatoms. The van der Waals surface area contributed by atoms with Gasteiger partial charge in [-0.05, 0) is 42.3 Å². The predicted octanol–water partition coefficient (Wildman–Crippen LogP) is 4.25. The zero-order valence-electron chi connectivity index (χ0n) is 16.9. The SMILES string of the molecule is CCc1ccc(Nc2c(S(=O)N3CCOCC3)cnc3ccc(Cl)cc23)c(C(=O)O)c1. The Morgan fingerprint density at radius 1 is 1.26 bits per heavy atom. The number of carboxylic acids is 1. The molecule has 0 radical (unpaired) electrons. The van der Waals surface area contributed by atoms with Crippen LogP contribution in [0.5, 0.6) is 0 Å². The van der Waals surface area contributed by atoms with Crippen LogP contribution in [0.4, 0.5) is 11.4 Å². The molecule has 0 amide bonds. The lowest BCUT2D eigenvalue weighted by molar-refractivity contribution is 0.0698. The van der Waals surface area contributed by atoms with Gasteiger partial charge < -0.3 is 15.2 Å². The standard InChI is InChI=1S/C22H22ClN3O4S/c1-2-14-3-5-19(17(11-14)22(27)28)25-21-16-12-15(23)4-6-18(16)24-13-20(21)31(29)26-7-9-30-10-8-26/h3-6,11-13H,2,7-10H2,1H3,(H,24,25)(H,27,28). The summed E-state index contributed by atoms with van der Waals surface area (Å²) in [4.78, 5) is 16.8. The van der Waals surface area contributed by atoms with Crippen LogP contribution in [0.3, 0.4) is 0 Å². The first-order valence-electron chi connectivity index (χ1n) is 9.94. The van der Waals surface area contributed by atoms with E-state index >= 15 is 0 Å². The van der Waals surface area contributed by atoms with E-state index in [2.05, 4.69) is 10.3 Å².